The van der Waals surface area contributed by atoms with Crippen LogP contribution in [0, 0.1) is 0 Å². The molecule has 0 unspecified atom stereocenters. The summed E-state index contributed by atoms with van der Waals surface area (Å²) in [6.07, 6.45) is 3.78. The first-order valence-electron chi connectivity index (χ1n) is 19.0. The van der Waals surface area contributed by atoms with E-state index in [2.05, 4.69) is 129 Å². The maximum absolute atomic E-state index is 6.35. The van der Waals surface area contributed by atoms with Gasteiger partial charge in [0.25, 0.3) is 0 Å². The zero-order valence-corrected chi connectivity index (χ0v) is 30.4. The van der Waals surface area contributed by atoms with Gasteiger partial charge in [0, 0.05) is 49.6 Å². The van der Waals surface area contributed by atoms with Crippen LogP contribution in [0.3, 0.4) is 0 Å². The molecule has 266 valence electrons. The van der Waals surface area contributed by atoms with Gasteiger partial charge in [0.05, 0.1) is 34.0 Å². The van der Waals surface area contributed by atoms with Crippen LogP contribution in [-0.2, 0) is 0 Å². The van der Waals surface area contributed by atoms with E-state index in [9.17, 15) is 0 Å². The molecule has 12 rings (SSSR count). The normalized spacial score (nSPS) is 11.9. The largest absolute Gasteiger partial charge is 0.456 e. The predicted octanol–water partition coefficient (Wildman–Crippen LogP) is 12.4. The molecule has 5 aromatic heterocycles. The highest BCUT2D eigenvalue weighted by Crippen LogP contribution is 2.43. The van der Waals surface area contributed by atoms with Crippen LogP contribution in [-0.4, -0.2) is 29.1 Å². The van der Waals surface area contributed by atoms with Crippen LogP contribution in [0.1, 0.15) is 0 Å². The van der Waals surface area contributed by atoms with E-state index in [1.54, 1.807) is 0 Å². The summed E-state index contributed by atoms with van der Waals surface area (Å²) >= 11 is 0. The van der Waals surface area contributed by atoms with Gasteiger partial charge < -0.3 is 8.98 Å². The van der Waals surface area contributed by atoms with E-state index in [0.29, 0.717) is 17.6 Å². The Labute approximate surface area is 325 Å². The summed E-state index contributed by atoms with van der Waals surface area (Å²) < 4.78 is 10.8. The van der Waals surface area contributed by atoms with Gasteiger partial charge in [-0.2, -0.15) is 9.97 Å². The van der Waals surface area contributed by atoms with Crippen molar-refractivity contribution in [2.75, 3.05) is 0 Å². The Bertz CT molecular complexity index is 3490. The number of hydrogen-bond acceptors (Lipinski definition) is 5. The van der Waals surface area contributed by atoms with E-state index in [-0.39, 0.29) is 0 Å². The molecule has 0 bridgehead atoms. The Morgan fingerprint density at radius 1 is 0.386 bits per heavy atom. The zero-order chi connectivity index (χ0) is 37.5. The molecule has 0 spiro atoms. The fourth-order valence-corrected chi connectivity index (χ4v) is 8.70. The van der Waals surface area contributed by atoms with Crippen molar-refractivity contribution in [3.63, 3.8) is 0 Å². The predicted molar refractivity (Wildman–Crippen MR) is 230 cm³/mol. The molecule has 57 heavy (non-hydrogen) atoms. The van der Waals surface area contributed by atoms with E-state index < -0.39 is 0 Å². The number of aromatic nitrogens is 6. The molecule has 7 nitrogen and oxygen atoms in total. The van der Waals surface area contributed by atoms with E-state index in [1.165, 1.54) is 0 Å². The Kier molecular flexibility index (Phi) is 6.79. The Morgan fingerprint density at radius 3 is 1.88 bits per heavy atom. The van der Waals surface area contributed by atoms with Crippen LogP contribution < -0.4 is 0 Å². The van der Waals surface area contributed by atoms with Gasteiger partial charge in [-0.05, 0) is 59.7 Å². The molecule has 5 heterocycles. The van der Waals surface area contributed by atoms with Crippen molar-refractivity contribution >= 4 is 65.6 Å². The SMILES string of the molecule is c1ccc(-c2nc(-c3ccccc3-n3c4ccccc4c4ccncc43)nc(-n3c4ccccc4c4c(-c5cccc6oc7ccccc7c56)cccc43)n2)cc1. The maximum Gasteiger partial charge on any atom is 0.238 e. The van der Waals surface area contributed by atoms with Crippen LogP contribution in [0.2, 0.25) is 0 Å². The van der Waals surface area contributed by atoms with Crippen molar-refractivity contribution in [1.29, 1.82) is 0 Å². The molecule has 7 heteroatoms. The number of para-hydroxylation sites is 4. The number of nitrogens with zero attached hydrogens (tertiary/aromatic N) is 6. The van der Waals surface area contributed by atoms with Crippen LogP contribution in [0.5, 0.6) is 0 Å². The van der Waals surface area contributed by atoms with Gasteiger partial charge in [-0.3, -0.25) is 9.55 Å². The minimum absolute atomic E-state index is 0.535. The fraction of sp³-hybridized carbons (Fsp3) is 0. The number of rotatable bonds is 5. The molecular formula is C50H30N6O. The molecule has 0 saturated carbocycles. The molecular weight excluding hydrogens is 701 g/mol. The third-order valence-electron chi connectivity index (χ3n) is 11.1. The lowest BCUT2D eigenvalue weighted by Crippen LogP contribution is -2.07. The monoisotopic (exact) mass is 730 g/mol. The second kappa shape index (κ2) is 12.3. The minimum atomic E-state index is 0.535. The van der Waals surface area contributed by atoms with E-state index in [0.717, 1.165) is 93.5 Å². The third-order valence-corrected chi connectivity index (χ3v) is 11.1. The molecule has 12 aromatic rings. The topological polar surface area (TPSA) is 74.6 Å². The first-order valence-corrected chi connectivity index (χ1v) is 19.0. The van der Waals surface area contributed by atoms with Gasteiger partial charge in [0.15, 0.2) is 11.6 Å². The molecule has 0 fully saturated rings. The molecule has 0 aliphatic rings. The summed E-state index contributed by atoms with van der Waals surface area (Å²) in [4.78, 5) is 20.4. The lowest BCUT2D eigenvalue weighted by Gasteiger charge is -2.15. The molecule has 0 atom stereocenters. The highest BCUT2D eigenvalue weighted by molar-refractivity contribution is 6.21. The third kappa shape index (κ3) is 4.72. The number of pyridine rings is 1. The van der Waals surface area contributed by atoms with Crippen molar-refractivity contribution in [3.8, 4) is 45.5 Å². The van der Waals surface area contributed by atoms with Crippen LogP contribution >= 0.6 is 0 Å². The lowest BCUT2D eigenvalue weighted by atomic mass is 9.95. The smallest absolute Gasteiger partial charge is 0.238 e. The average molecular weight is 731 g/mol. The van der Waals surface area contributed by atoms with Crippen molar-refractivity contribution in [2.24, 2.45) is 0 Å². The zero-order valence-electron chi connectivity index (χ0n) is 30.4. The molecule has 0 saturated heterocycles. The molecule has 0 aliphatic carbocycles. The standard InChI is InChI=1S/C50H30N6O/c1-2-14-31(15-3-1)48-52-49(37-18-6-10-24-41(37)55-39-22-8-4-16-32(39)33-28-29-51-30-43(33)55)54-50(53-48)56-40-23-9-5-17-36(40)46-34(20-12-25-42(46)56)35-21-13-27-45-47(35)38-19-7-11-26-44(38)57-45/h1-30H. The Hall–Kier alpha value is -7.90. The summed E-state index contributed by atoms with van der Waals surface area (Å²) in [5, 5.41) is 6.71. The highest BCUT2D eigenvalue weighted by atomic mass is 16.3. The second-order valence-electron chi connectivity index (χ2n) is 14.2. The molecule has 0 amide bonds. The summed E-state index contributed by atoms with van der Waals surface area (Å²) in [5.41, 5.74) is 10.8. The molecule has 0 N–H and O–H groups in total. The summed E-state index contributed by atoms with van der Waals surface area (Å²) in [5.74, 6) is 1.69. The maximum atomic E-state index is 6.35. The Balaban J connectivity index is 1.15. The van der Waals surface area contributed by atoms with Crippen molar-refractivity contribution in [3.05, 3.63) is 182 Å². The van der Waals surface area contributed by atoms with Crippen molar-refractivity contribution < 1.29 is 4.42 Å². The summed E-state index contributed by atoms with van der Waals surface area (Å²) in [7, 11) is 0. The van der Waals surface area contributed by atoms with Crippen LogP contribution in [0.15, 0.2) is 187 Å². The molecule has 7 aromatic carbocycles. The lowest BCUT2D eigenvalue weighted by molar-refractivity contribution is 0.669. The summed E-state index contributed by atoms with van der Waals surface area (Å²) in [6.45, 7) is 0. The highest BCUT2D eigenvalue weighted by Gasteiger charge is 2.23. The van der Waals surface area contributed by atoms with Crippen molar-refractivity contribution in [1.82, 2.24) is 29.1 Å². The van der Waals surface area contributed by atoms with E-state index >= 15 is 0 Å². The first kappa shape index (κ1) is 31.5. The van der Waals surface area contributed by atoms with E-state index in [1.807, 2.05) is 67.0 Å². The number of fused-ring (bicyclic) bond motifs is 9. The number of hydrogen-bond donors (Lipinski definition) is 0. The average Bonchev–Trinajstić information content (AvgIpc) is 3.94. The van der Waals surface area contributed by atoms with Gasteiger partial charge in [-0.1, -0.05) is 121 Å². The van der Waals surface area contributed by atoms with Gasteiger partial charge in [0.1, 0.15) is 11.2 Å². The Morgan fingerprint density at radius 2 is 1.00 bits per heavy atom. The second-order valence-corrected chi connectivity index (χ2v) is 14.2. The first-order chi connectivity index (χ1) is 28.3. The van der Waals surface area contributed by atoms with Gasteiger partial charge in [0.2, 0.25) is 5.95 Å². The van der Waals surface area contributed by atoms with Crippen molar-refractivity contribution in [2.45, 2.75) is 0 Å². The summed E-state index contributed by atoms with van der Waals surface area (Å²) in [6, 6.07) is 58.6. The van der Waals surface area contributed by atoms with Gasteiger partial charge in [-0.25, -0.2) is 4.98 Å². The molecule has 0 aliphatic heterocycles. The van der Waals surface area contributed by atoms with Crippen LogP contribution in [0.25, 0.3) is 111 Å². The van der Waals surface area contributed by atoms with Gasteiger partial charge in [-0.15, -0.1) is 0 Å². The van der Waals surface area contributed by atoms with Crippen LogP contribution in [0.4, 0.5) is 0 Å². The number of benzene rings is 7. The fourth-order valence-electron chi connectivity index (χ4n) is 8.70. The molecule has 0 radical (unpaired) electrons. The van der Waals surface area contributed by atoms with Gasteiger partial charge >= 0.3 is 0 Å². The number of furan rings is 1. The quantitative estimate of drug-likeness (QED) is 0.176. The van der Waals surface area contributed by atoms with E-state index in [4.69, 9.17) is 19.4 Å². The minimum Gasteiger partial charge on any atom is -0.456 e.